The number of aromatic nitrogens is 3. The van der Waals surface area contributed by atoms with Crippen LogP contribution < -0.4 is 0 Å². The topological polar surface area (TPSA) is 95.2 Å². The Hall–Kier alpha value is -3.87. The Kier molecular flexibility index (Phi) is 3.72. The Balaban J connectivity index is 1.65. The van der Waals surface area contributed by atoms with Crippen LogP contribution in [-0.4, -0.2) is 31.1 Å². The molecule has 0 saturated heterocycles. The largest absolute Gasteiger partial charge is 0.507 e. The molecular weight excluding hydrogens is 356 g/mol. The van der Waals surface area contributed by atoms with Crippen molar-refractivity contribution in [3.8, 4) is 17.0 Å². The third-order valence-electron chi connectivity index (χ3n) is 4.91. The molecule has 1 aliphatic rings. The minimum Gasteiger partial charge on any atom is -0.507 e. The van der Waals surface area contributed by atoms with E-state index in [1.165, 1.54) is 0 Å². The van der Waals surface area contributed by atoms with E-state index in [-0.39, 0.29) is 11.7 Å². The molecule has 3 aromatic heterocycles. The van der Waals surface area contributed by atoms with Crippen LogP contribution in [0.25, 0.3) is 11.3 Å². The number of phenolic OH excluding ortho intramolecular Hbond substituents is 1. The fourth-order valence-corrected chi connectivity index (χ4v) is 3.67. The second kappa shape index (κ2) is 6.38. The molecule has 7 heteroatoms. The summed E-state index contributed by atoms with van der Waals surface area (Å²) in [4.78, 5) is 19.0. The van der Waals surface area contributed by atoms with Gasteiger partial charge in [-0.05, 0) is 35.9 Å². The van der Waals surface area contributed by atoms with Crippen molar-refractivity contribution in [1.29, 1.82) is 0 Å². The van der Waals surface area contributed by atoms with Crippen LogP contribution in [0.5, 0.6) is 5.75 Å². The molecule has 0 radical (unpaired) electrons. The van der Waals surface area contributed by atoms with Crippen LogP contribution in [-0.2, 0) is 6.54 Å². The SMILES string of the molecule is O=C1c2[nH]nc(-c3ccccc3O)c2[C@H](c2ccco2)N1Cc1cccnc1. The normalized spacial score (nSPS) is 15.8. The van der Waals surface area contributed by atoms with Crippen molar-refractivity contribution in [3.63, 3.8) is 0 Å². The quantitative estimate of drug-likeness (QED) is 0.571. The number of carbonyl (C=O) groups excluding carboxylic acids is 1. The number of aromatic amines is 1. The van der Waals surface area contributed by atoms with Gasteiger partial charge in [-0.25, -0.2) is 0 Å². The molecule has 2 N–H and O–H groups in total. The van der Waals surface area contributed by atoms with Crippen LogP contribution in [0.15, 0.2) is 71.6 Å². The molecule has 0 unspecified atom stereocenters. The van der Waals surface area contributed by atoms with Crippen LogP contribution >= 0.6 is 0 Å². The van der Waals surface area contributed by atoms with Gasteiger partial charge in [-0.2, -0.15) is 5.10 Å². The fraction of sp³-hybridized carbons (Fsp3) is 0.0952. The van der Waals surface area contributed by atoms with Gasteiger partial charge in [0.1, 0.15) is 28.9 Å². The summed E-state index contributed by atoms with van der Waals surface area (Å²) in [7, 11) is 0. The smallest absolute Gasteiger partial charge is 0.273 e. The molecule has 7 nitrogen and oxygen atoms in total. The lowest BCUT2D eigenvalue weighted by molar-refractivity contribution is 0.0715. The van der Waals surface area contributed by atoms with Crippen molar-refractivity contribution in [3.05, 3.63) is 89.8 Å². The Morgan fingerprint density at radius 1 is 1.14 bits per heavy atom. The van der Waals surface area contributed by atoms with Gasteiger partial charge in [-0.1, -0.05) is 18.2 Å². The first kappa shape index (κ1) is 16.3. The zero-order valence-electron chi connectivity index (χ0n) is 14.7. The molecule has 0 spiro atoms. The summed E-state index contributed by atoms with van der Waals surface area (Å²) in [6.07, 6.45) is 5.02. The maximum Gasteiger partial charge on any atom is 0.273 e. The summed E-state index contributed by atoms with van der Waals surface area (Å²) in [6, 6.07) is 13.9. The van der Waals surface area contributed by atoms with Crippen LogP contribution in [0, 0.1) is 0 Å². The van der Waals surface area contributed by atoms with E-state index in [9.17, 15) is 9.90 Å². The number of furan rings is 1. The number of rotatable bonds is 4. The highest BCUT2D eigenvalue weighted by molar-refractivity contribution is 6.00. The van der Waals surface area contributed by atoms with Gasteiger partial charge in [0.2, 0.25) is 0 Å². The number of benzene rings is 1. The van der Waals surface area contributed by atoms with Crippen molar-refractivity contribution in [2.45, 2.75) is 12.6 Å². The summed E-state index contributed by atoms with van der Waals surface area (Å²) < 4.78 is 5.67. The van der Waals surface area contributed by atoms with Crippen LogP contribution in [0.3, 0.4) is 0 Å². The van der Waals surface area contributed by atoms with E-state index in [2.05, 4.69) is 15.2 Å². The monoisotopic (exact) mass is 372 g/mol. The number of fused-ring (bicyclic) bond motifs is 1. The van der Waals surface area contributed by atoms with E-state index in [0.29, 0.717) is 34.8 Å². The lowest BCUT2D eigenvalue weighted by Crippen LogP contribution is -2.28. The number of nitrogens with zero attached hydrogens (tertiary/aromatic N) is 3. The number of pyridine rings is 1. The minimum atomic E-state index is -0.453. The molecular formula is C21H16N4O3. The Morgan fingerprint density at radius 2 is 2.04 bits per heavy atom. The molecule has 5 rings (SSSR count). The van der Waals surface area contributed by atoms with Gasteiger partial charge in [-0.15, -0.1) is 0 Å². The maximum absolute atomic E-state index is 13.2. The first-order valence-electron chi connectivity index (χ1n) is 8.84. The van der Waals surface area contributed by atoms with Gasteiger partial charge in [-0.3, -0.25) is 14.9 Å². The summed E-state index contributed by atoms with van der Waals surface area (Å²) in [5, 5.41) is 17.5. The van der Waals surface area contributed by atoms with Crippen molar-refractivity contribution >= 4 is 5.91 Å². The summed E-state index contributed by atoms with van der Waals surface area (Å²) >= 11 is 0. The molecule has 4 aromatic rings. The molecule has 1 aromatic carbocycles. The Labute approximate surface area is 160 Å². The lowest BCUT2D eigenvalue weighted by atomic mass is 9.99. The molecule has 28 heavy (non-hydrogen) atoms. The molecule has 1 atom stereocenters. The van der Waals surface area contributed by atoms with E-state index in [1.807, 2.05) is 24.3 Å². The zero-order chi connectivity index (χ0) is 19.1. The van der Waals surface area contributed by atoms with Crippen molar-refractivity contribution in [1.82, 2.24) is 20.1 Å². The highest BCUT2D eigenvalue weighted by Crippen LogP contribution is 2.44. The van der Waals surface area contributed by atoms with Crippen molar-refractivity contribution < 1.29 is 14.3 Å². The summed E-state index contributed by atoms with van der Waals surface area (Å²) in [5.41, 5.74) is 3.12. The van der Waals surface area contributed by atoms with E-state index < -0.39 is 6.04 Å². The predicted octanol–water partition coefficient (Wildman–Crippen LogP) is 3.52. The van der Waals surface area contributed by atoms with Gasteiger partial charge in [0.25, 0.3) is 5.91 Å². The van der Waals surface area contributed by atoms with E-state index in [4.69, 9.17) is 4.42 Å². The number of amides is 1. The fourth-order valence-electron chi connectivity index (χ4n) is 3.67. The molecule has 4 heterocycles. The first-order valence-corrected chi connectivity index (χ1v) is 8.84. The zero-order valence-corrected chi connectivity index (χ0v) is 14.7. The highest BCUT2D eigenvalue weighted by Gasteiger charge is 2.43. The number of aromatic hydroxyl groups is 1. The number of nitrogens with one attached hydrogen (secondary N) is 1. The second-order valence-corrected chi connectivity index (χ2v) is 6.59. The number of phenols is 1. The Morgan fingerprint density at radius 3 is 2.79 bits per heavy atom. The number of para-hydroxylation sites is 1. The average Bonchev–Trinajstić information content (AvgIpc) is 3.43. The van der Waals surface area contributed by atoms with Crippen LogP contribution in [0.4, 0.5) is 0 Å². The summed E-state index contributed by atoms with van der Waals surface area (Å²) in [5.74, 6) is 0.566. The van der Waals surface area contributed by atoms with Gasteiger partial charge in [0.05, 0.1) is 6.26 Å². The molecule has 0 aliphatic carbocycles. The molecule has 0 saturated carbocycles. The molecule has 0 bridgehead atoms. The van der Waals surface area contributed by atoms with Crippen LogP contribution in [0.1, 0.15) is 33.4 Å². The number of carbonyl (C=O) groups is 1. The molecule has 1 amide bonds. The second-order valence-electron chi connectivity index (χ2n) is 6.59. The summed E-state index contributed by atoms with van der Waals surface area (Å²) in [6.45, 7) is 0.376. The van der Waals surface area contributed by atoms with Gasteiger partial charge in [0, 0.05) is 30.1 Å². The maximum atomic E-state index is 13.2. The predicted molar refractivity (Wildman–Crippen MR) is 100 cm³/mol. The standard InChI is InChI=1S/C21H16N4O3/c26-15-7-2-1-6-14(15)18-17-19(24-23-18)21(27)25(12-13-5-3-9-22-11-13)20(17)16-8-4-10-28-16/h1-11,20,26H,12H2,(H,23,24)/t20-/m0/s1. The molecule has 0 fully saturated rings. The third kappa shape index (κ3) is 2.48. The van der Waals surface area contributed by atoms with E-state index in [0.717, 1.165) is 5.56 Å². The first-order chi connectivity index (χ1) is 13.7. The van der Waals surface area contributed by atoms with Gasteiger partial charge in [0.15, 0.2) is 0 Å². The van der Waals surface area contributed by atoms with E-state index in [1.54, 1.807) is 47.8 Å². The average molecular weight is 372 g/mol. The van der Waals surface area contributed by atoms with E-state index >= 15 is 0 Å². The molecule has 1 aliphatic heterocycles. The van der Waals surface area contributed by atoms with Crippen LogP contribution in [0.2, 0.25) is 0 Å². The molecule has 138 valence electrons. The number of hydrogen-bond donors (Lipinski definition) is 2. The number of H-pyrrole nitrogens is 1. The Bertz CT molecular complexity index is 1140. The van der Waals surface area contributed by atoms with Gasteiger partial charge >= 0.3 is 0 Å². The minimum absolute atomic E-state index is 0.105. The van der Waals surface area contributed by atoms with Crippen molar-refractivity contribution in [2.24, 2.45) is 0 Å². The highest BCUT2D eigenvalue weighted by atomic mass is 16.3. The number of hydrogen-bond acceptors (Lipinski definition) is 5. The lowest BCUT2D eigenvalue weighted by Gasteiger charge is -2.24. The van der Waals surface area contributed by atoms with Gasteiger partial charge < -0.3 is 14.4 Å². The van der Waals surface area contributed by atoms with Crippen molar-refractivity contribution in [2.75, 3.05) is 0 Å². The third-order valence-corrected chi connectivity index (χ3v) is 4.91.